The third kappa shape index (κ3) is 6.07. The molecule has 1 aliphatic rings. The molecular formula is C25H36N6O6S. The van der Waals surface area contributed by atoms with Crippen LogP contribution in [-0.4, -0.2) is 104 Å². The van der Waals surface area contributed by atoms with Gasteiger partial charge in [0.2, 0.25) is 0 Å². The molecule has 13 heteroatoms. The van der Waals surface area contributed by atoms with E-state index < -0.39 is 33.3 Å². The van der Waals surface area contributed by atoms with Crippen LogP contribution in [0.1, 0.15) is 12.5 Å². The fourth-order valence-electron chi connectivity index (χ4n) is 4.91. The van der Waals surface area contributed by atoms with Crippen molar-refractivity contribution in [2.24, 2.45) is 14.1 Å². The van der Waals surface area contributed by atoms with Gasteiger partial charge in [-0.3, -0.25) is 23.7 Å². The maximum atomic E-state index is 12.9. The highest BCUT2D eigenvalue weighted by molar-refractivity contribution is 7.91. The van der Waals surface area contributed by atoms with E-state index in [4.69, 9.17) is 0 Å². The van der Waals surface area contributed by atoms with Crippen molar-refractivity contribution in [1.29, 1.82) is 0 Å². The summed E-state index contributed by atoms with van der Waals surface area (Å²) >= 11 is 0. The van der Waals surface area contributed by atoms with Crippen molar-refractivity contribution in [1.82, 2.24) is 28.5 Å². The Morgan fingerprint density at radius 3 is 2.08 bits per heavy atom. The van der Waals surface area contributed by atoms with Crippen LogP contribution in [0.3, 0.4) is 0 Å². The van der Waals surface area contributed by atoms with E-state index in [0.717, 1.165) is 16.6 Å². The first-order valence-electron chi connectivity index (χ1n) is 12.7. The van der Waals surface area contributed by atoms with E-state index in [1.54, 1.807) is 42.9 Å². The Morgan fingerprint density at radius 1 is 0.921 bits per heavy atom. The molecule has 3 aromatic rings. The molecule has 38 heavy (non-hydrogen) atoms. The number of nitrogens with zero attached hydrogens (tertiary/aromatic N) is 6. The maximum absolute atomic E-state index is 12.9. The molecule has 1 aromatic carbocycles. The van der Waals surface area contributed by atoms with Gasteiger partial charge >= 0.3 is 5.69 Å². The number of sulfone groups is 1. The highest BCUT2D eigenvalue weighted by Gasteiger charge is 2.25. The van der Waals surface area contributed by atoms with E-state index in [2.05, 4.69) is 4.98 Å². The van der Waals surface area contributed by atoms with Gasteiger partial charge in [-0.15, -0.1) is 0 Å². The molecule has 4 rings (SSSR count). The van der Waals surface area contributed by atoms with Gasteiger partial charge < -0.3 is 14.8 Å². The summed E-state index contributed by atoms with van der Waals surface area (Å²) in [6, 6.07) is 6.75. The molecule has 0 aliphatic carbocycles. The molecule has 1 fully saturated rings. The highest BCUT2D eigenvalue weighted by atomic mass is 32.2. The van der Waals surface area contributed by atoms with Crippen LogP contribution >= 0.6 is 0 Å². The molecule has 0 spiro atoms. The number of piperazine rings is 1. The number of aryl methyl sites for hydroxylation is 3. The van der Waals surface area contributed by atoms with Crippen molar-refractivity contribution in [3.05, 3.63) is 57.0 Å². The summed E-state index contributed by atoms with van der Waals surface area (Å²) in [4.78, 5) is 33.9. The lowest BCUT2D eigenvalue weighted by atomic mass is 10.2. The fourth-order valence-corrected chi connectivity index (χ4v) is 6.27. The van der Waals surface area contributed by atoms with Crippen LogP contribution in [0.25, 0.3) is 11.2 Å². The maximum Gasteiger partial charge on any atom is 0.332 e. The predicted molar refractivity (Wildman–Crippen MR) is 143 cm³/mol. The van der Waals surface area contributed by atoms with Crippen LogP contribution in [-0.2, 0) is 36.9 Å². The summed E-state index contributed by atoms with van der Waals surface area (Å²) in [7, 11) is -0.375. The van der Waals surface area contributed by atoms with Crippen LogP contribution in [0.15, 0.2) is 45.1 Å². The van der Waals surface area contributed by atoms with Gasteiger partial charge in [0.1, 0.15) is 0 Å². The number of hydrogen-bond donors (Lipinski definition) is 2. The van der Waals surface area contributed by atoms with E-state index in [-0.39, 0.29) is 30.3 Å². The van der Waals surface area contributed by atoms with Crippen LogP contribution in [0.4, 0.5) is 0 Å². The average Bonchev–Trinajstić information content (AvgIpc) is 3.27. The normalized spacial score (nSPS) is 17.2. The number of aliphatic hydroxyl groups is 2. The zero-order chi connectivity index (χ0) is 27.6. The molecule has 2 aromatic heterocycles. The van der Waals surface area contributed by atoms with Gasteiger partial charge in [-0.05, 0) is 24.1 Å². The number of benzene rings is 1. The second-order valence-corrected chi connectivity index (χ2v) is 12.0. The van der Waals surface area contributed by atoms with Gasteiger partial charge in [-0.1, -0.05) is 19.1 Å². The minimum absolute atomic E-state index is 0.136. The number of hydrogen-bond acceptors (Lipinski definition) is 9. The molecule has 1 aliphatic heterocycles. The standard InChI is InChI=1S/C25H36N6O6S/c1-4-18-5-7-21(8-6-18)38(36,37)16-20(33)14-30-11-9-29(10-12-30)13-19(32)15-31-24(34)22-23(26-17-27(22)2)28(3)25(31)35/h5-8,17,19-20,32-33H,4,9-16H2,1-3H3. The molecule has 3 heterocycles. The minimum Gasteiger partial charge on any atom is -0.391 e. The fraction of sp³-hybridized carbons (Fsp3) is 0.560. The first-order chi connectivity index (χ1) is 18.0. The van der Waals surface area contributed by atoms with Gasteiger partial charge in [0.05, 0.1) is 35.7 Å². The molecule has 2 unspecified atom stereocenters. The zero-order valence-electron chi connectivity index (χ0n) is 22.0. The Labute approximate surface area is 221 Å². The second kappa shape index (κ2) is 11.5. The molecule has 208 valence electrons. The summed E-state index contributed by atoms with van der Waals surface area (Å²) in [6.07, 6.45) is 0.339. The van der Waals surface area contributed by atoms with E-state index in [9.17, 15) is 28.2 Å². The molecular weight excluding hydrogens is 512 g/mol. The third-order valence-corrected chi connectivity index (χ3v) is 8.91. The highest BCUT2D eigenvalue weighted by Crippen LogP contribution is 2.15. The Balaban J connectivity index is 1.28. The van der Waals surface area contributed by atoms with E-state index >= 15 is 0 Å². The van der Waals surface area contributed by atoms with Crippen molar-refractivity contribution < 1.29 is 18.6 Å². The number of fused-ring (bicyclic) bond motifs is 1. The van der Waals surface area contributed by atoms with Crippen molar-refractivity contribution in [2.75, 3.05) is 45.0 Å². The van der Waals surface area contributed by atoms with Crippen molar-refractivity contribution >= 4 is 21.0 Å². The van der Waals surface area contributed by atoms with Gasteiger partial charge in [0, 0.05) is 53.4 Å². The Bertz CT molecular complexity index is 1490. The first kappa shape index (κ1) is 28.2. The summed E-state index contributed by atoms with van der Waals surface area (Å²) in [5, 5.41) is 21.2. The molecule has 2 atom stereocenters. The molecule has 12 nitrogen and oxygen atoms in total. The monoisotopic (exact) mass is 548 g/mol. The second-order valence-electron chi connectivity index (χ2n) is 9.97. The number of imidazole rings is 1. The number of aromatic nitrogens is 4. The molecule has 1 saturated heterocycles. The number of aliphatic hydroxyl groups excluding tert-OH is 2. The van der Waals surface area contributed by atoms with Crippen LogP contribution < -0.4 is 11.2 Å². The molecule has 0 amide bonds. The average molecular weight is 549 g/mol. The Hall–Kier alpha value is -2.84. The summed E-state index contributed by atoms with van der Waals surface area (Å²) < 4.78 is 29.3. The number of rotatable bonds is 10. The van der Waals surface area contributed by atoms with Crippen LogP contribution in [0, 0.1) is 0 Å². The van der Waals surface area contributed by atoms with Gasteiger partial charge in [-0.2, -0.15) is 0 Å². The van der Waals surface area contributed by atoms with E-state index in [1.807, 2.05) is 16.7 Å². The van der Waals surface area contributed by atoms with Crippen LogP contribution in [0.5, 0.6) is 0 Å². The summed E-state index contributed by atoms with van der Waals surface area (Å²) in [5.74, 6) is -0.345. The lowest BCUT2D eigenvalue weighted by molar-refractivity contribution is 0.0475. The van der Waals surface area contributed by atoms with Gasteiger partial charge in [0.25, 0.3) is 5.56 Å². The molecule has 2 N–H and O–H groups in total. The summed E-state index contributed by atoms with van der Waals surface area (Å²) in [5.41, 5.74) is 0.629. The predicted octanol–water partition coefficient (Wildman–Crippen LogP) is -1.19. The van der Waals surface area contributed by atoms with Crippen molar-refractivity contribution in [3.8, 4) is 0 Å². The Kier molecular flexibility index (Phi) is 8.52. The van der Waals surface area contributed by atoms with Crippen molar-refractivity contribution in [2.45, 2.75) is 37.0 Å². The summed E-state index contributed by atoms with van der Waals surface area (Å²) in [6.45, 7) is 4.76. The quantitative estimate of drug-likeness (QED) is 0.320. The topological polar surface area (TPSA) is 143 Å². The first-order valence-corrected chi connectivity index (χ1v) is 14.4. The third-order valence-electron chi connectivity index (χ3n) is 7.10. The Morgan fingerprint density at radius 2 is 1.50 bits per heavy atom. The van der Waals surface area contributed by atoms with Gasteiger partial charge in [0.15, 0.2) is 21.0 Å². The van der Waals surface area contributed by atoms with E-state index in [0.29, 0.717) is 37.3 Å². The lowest BCUT2D eigenvalue weighted by Crippen LogP contribution is -2.52. The van der Waals surface area contributed by atoms with Crippen molar-refractivity contribution in [3.63, 3.8) is 0 Å². The molecule has 0 bridgehead atoms. The van der Waals surface area contributed by atoms with Crippen LogP contribution in [0.2, 0.25) is 0 Å². The van der Waals surface area contributed by atoms with Gasteiger partial charge in [-0.25, -0.2) is 18.2 Å². The smallest absolute Gasteiger partial charge is 0.332 e. The molecule has 0 radical (unpaired) electrons. The zero-order valence-corrected chi connectivity index (χ0v) is 22.8. The SMILES string of the molecule is CCc1ccc(S(=O)(=O)CC(O)CN2CCN(CC(O)Cn3c(=O)c4c(ncn4C)n(C)c3=O)CC2)cc1. The molecule has 0 saturated carbocycles. The lowest BCUT2D eigenvalue weighted by Gasteiger charge is -2.36. The number of β-amino-alcohol motifs (C(OH)–C–C–N with tert-alkyl or cyclic N) is 2. The minimum atomic E-state index is -3.60. The largest absolute Gasteiger partial charge is 0.391 e. The van der Waals surface area contributed by atoms with E-state index in [1.165, 1.54) is 10.9 Å².